The minimum atomic E-state index is -1.04. The minimum Gasteiger partial charge on any atom is -0.450 e. The number of carbonyl (C=O) groups is 3. The summed E-state index contributed by atoms with van der Waals surface area (Å²) in [7, 11) is 1.43. The Hall–Kier alpha value is -3.65. The third-order valence-corrected chi connectivity index (χ3v) is 7.99. The van der Waals surface area contributed by atoms with Crippen molar-refractivity contribution in [2.24, 2.45) is 0 Å². The molecule has 11 heteroatoms. The van der Waals surface area contributed by atoms with Gasteiger partial charge in [0.05, 0.1) is 12.3 Å². The molecule has 2 heterocycles. The van der Waals surface area contributed by atoms with Gasteiger partial charge in [-0.25, -0.2) is 9.78 Å². The van der Waals surface area contributed by atoms with Gasteiger partial charge in [0.2, 0.25) is 0 Å². The summed E-state index contributed by atoms with van der Waals surface area (Å²) in [5.41, 5.74) is 1.10. The second-order valence-electron chi connectivity index (χ2n) is 9.78. The van der Waals surface area contributed by atoms with E-state index in [0.717, 1.165) is 53.4 Å². The fraction of sp³-hybridized carbons (Fsp3) is 0.519. The van der Waals surface area contributed by atoms with Crippen molar-refractivity contribution in [3.63, 3.8) is 0 Å². The van der Waals surface area contributed by atoms with Gasteiger partial charge in [0.1, 0.15) is 5.54 Å². The SMILES string of the molecule is CCOC(=O)N1CCC(Nc2nc(-c3ccc(C(=O)NC4(C(=O)N(C)C#N)CCCCC4)cc3)cs2)CC1. The number of hydrogen-bond acceptors (Lipinski definition) is 8. The number of thiazole rings is 1. The average molecular weight is 539 g/mol. The Balaban J connectivity index is 1.36. The number of likely N-dealkylation sites (tertiary alicyclic amines) is 1. The second kappa shape index (κ2) is 12.3. The molecule has 1 aliphatic heterocycles. The zero-order valence-corrected chi connectivity index (χ0v) is 22.7. The summed E-state index contributed by atoms with van der Waals surface area (Å²) in [5.74, 6) is -0.688. The normalized spacial score (nSPS) is 17.2. The lowest BCUT2D eigenvalue weighted by atomic mass is 9.80. The summed E-state index contributed by atoms with van der Waals surface area (Å²) in [5, 5.41) is 18.4. The number of piperidine rings is 1. The average Bonchev–Trinajstić information content (AvgIpc) is 3.41. The highest BCUT2D eigenvalue weighted by Crippen LogP contribution is 2.31. The van der Waals surface area contributed by atoms with E-state index in [1.807, 2.05) is 23.7 Å². The van der Waals surface area contributed by atoms with E-state index < -0.39 is 5.54 Å². The van der Waals surface area contributed by atoms with Gasteiger partial charge < -0.3 is 20.3 Å². The number of benzene rings is 1. The number of rotatable bonds is 7. The summed E-state index contributed by atoms with van der Waals surface area (Å²) in [6.07, 6.45) is 6.98. The van der Waals surface area contributed by atoms with Crippen molar-refractivity contribution in [2.75, 3.05) is 32.1 Å². The number of carbonyl (C=O) groups excluding carboxylic acids is 3. The van der Waals surface area contributed by atoms with Crippen molar-refractivity contribution in [2.45, 2.75) is 63.5 Å². The number of nitriles is 1. The van der Waals surface area contributed by atoms with Crippen LogP contribution in [0.4, 0.5) is 9.93 Å². The molecule has 2 aromatic rings. The molecule has 2 fully saturated rings. The fourth-order valence-corrected chi connectivity index (χ4v) is 5.86. The Morgan fingerprint density at radius 2 is 1.87 bits per heavy atom. The first-order valence-corrected chi connectivity index (χ1v) is 14.0. The van der Waals surface area contributed by atoms with E-state index in [1.54, 1.807) is 24.0 Å². The molecule has 38 heavy (non-hydrogen) atoms. The maximum Gasteiger partial charge on any atom is 0.409 e. The Labute approximate surface area is 227 Å². The predicted molar refractivity (Wildman–Crippen MR) is 144 cm³/mol. The lowest BCUT2D eigenvalue weighted by molar-refractivity contribution is -0.135. The molecule has 1 aromatic carbocycles. The summed E-state index contributed by atoms with van der Waals surface area (Å²) in [4.78, 5) is 45.4. The van der Waals surface area contributed by atoms with E-state index in [-0.39, 0.29) is 23.9 Å². The highest BCUT2D eigenvalue weighted by atomic mass is 32.1. The van der Waals surface area contributed by atoms with Crippen molar-refractivity contribution in [1.29, 1.82) is 5.26 Å². The largest absolute Gasteiger partial charge is 0.450 e. The molecule has 1 aromatic heterocycles. The zero-order chi connectivity index (χ0) is 27.1. The Bertz CT molecular complexity index is 1180. The molecule has 3 amide bonds. The van der Waals surface area contributed by atoms with E-state index in [2.05, 4.69) is 10.6 Å². The molecule has 0 unspecified atom stereocenters. The number of likely N-dealkylation sites (N-methyl/N-ethyl adjacent to an activating group) is 1. The number of nitrogens with zero attached hydrogens (tertiary/aromatic N) is 4. The summed E-state index contributed by atoms with van der Waals surface area (Å²) in [6, 6.07) is 7.40. The van der Waals surface area contributed by atoms with E-state index in [1.165, 1.54) is 18.4 Å². The predicted octanol–water partition coefficient (Wildman–Crippen LogP) is 4.22. The van der Waals surface area contributed by atoms with E-state index in [4.69, 9.17) is 9.72 Å². The van der Waals surface area contributed by atoms with E-state index in [0.29, 0.717) is 38.1 Å². The molecule has 1 aliphatic carbocycles. The molecule has 0 radical (unpaired) electrons. The van der Waals surface area contributed by atoms with Gasteiger partial charge in [-0.2, -0.15) is 5.26 Å². The molecule has 0 bridgehead atoms. The molecule has 10 nitrogen and oxygen atoms in total. The van der Waals surface area contributed by atoms with Crippen molar-refractivity contribution in [3.8, 4) is 17.5 Å². The minimum absolute atomic E-state index is 0.237. The standard InChI is InChI=1S/C27H34N6O4S/c1-3-37-26(36)33-15-11-21(12-16-33)29-25-30-22(17-38-25)19-7-9-20(10-8-19)23(34)31-27(13-5-4-6-14-27)24(35)32(2)18-28/h7-10,17,21H,3-6,11-16H2,1-2H3,(H,29,30)(H,31,34). The van der Waals surface area contributed by atoms with Gasteiger partial charge in [-0.1, -0.05) is 31.4 Å². The fourth-order valence-electron chi connectivity index (χ4n) is 5.06. The van der Waals surface area contributed by atoms with Gasteiger partial charge in [0, 0.05) is 42.7 Å². The maximum absolute atomic E-state index is 13.1. The van der Waals surface area contributed by atoms with Crippen LogP contribution in [0.5, 0.6) is 0 Å². The Morgan fingerprint density at radius 3 is 2.50 bits per heavy atom. The smallest absolute Gasteiger partial charge is 0.409 e. The quantitative estimate of drug-likeness (QED) is 0.399. The van der Waals surface area contributed by atoms with Crippen LogP contribution in [0, 0.1) is 11.5 Å². The van der Waals surface area contributed by atoms with Crippen molar-refractivity contribution < 1.29 is 19.1 Å². The van der Waals surface area contributed by atoms with Crippen molar-refractivity contribution >= 4 is 34.4 Å². The van der Waals surface area contributed by atoms with Gasteiger partial charge >= 0.3 is 6.09 Å². The second-order valence-corrected chi connectivity index (χ2v) is 10.6. The number of amides is 3. The third kappa shape index (κ3) is 6.25. The molecule has 202 valence electrons. The van der Waals surface area contributed by atoms with Crippen LogP contribution < -0.4 is 10.6 Å². The molecule has 4 rings (SSSR count). The number of anilines is 1. The van der Waals surface area contributed by atoms with Crippen molar-refractivity contribution in [3.05, 3.63) is 35.2 Å². The van der Waals surface area contributed by atoms with Gasteiger partial charge in [0.25, 0.3) is 11.8 Å². The van der Waals surface area contributed by atoms with E-state index >= 15 is 0 Å². The highest BCUT2D eigenvalue weighted by Gasteiger charge is 2.43. The van der Waals surface area contributed by atoms with Crippen LogP contribution >= 0.6 is 11.3 Å². The Kier molecular flexibility index (Phi) is 8.84. The van der Waals surface area contributed by atoms with E-state index in [9.17, 15) is 19.6 Å². The van der Waals surface area contributed by atoms with Crippen LogP contribution in [0.15, 0.2) is 29.6 Å². The first kappa shape index (κ1) is 27.4. The molecule has 1 saturated heterocycles. The van der Waals surface area contributed by atoms with Crippen LogP contribution in [0.1, 0.15) is 62.2 Å². The first-order valence-electron chi connectivity index (χ1n) is 13.1. The molecule has 2 N–H and O–H groups in total. The molecule has 1 saturated carbocycles. The Morgan fingerprint density at radius 1 is 1.18 bits per heavy atom. The highest BCUT2D eigenvalue weighted by molar-refractivity contribution is 7.14. The summed E-state index contributed by atoms with van der Waals surface area (Å²) < 4.78 is 5.08. The van der Waals surface area contributed by atoms with Crippen LogP contribution in [-0.4, -0.2) is 71.0 Å². The summed E-state index contributed by atoms with van der Waals surface area (Å²) >= 11 is 1.52. The van der Waals surface area contributed by atoms with Gasteiger partial charge in [-0.15, -0.1) is 11.3 Å². The molecule has 0 spiro atoms. The van der Waals surface area contributed by atoms with Crippen LogP contribution in [0.3, 0.4) is 0 Å². The first-order chi connectivity index (χ1) is 18.3. The molecule has 0 atom stereocenters. The van der Waals surface area contributed by atoms with Gasteiger partial charge in [-0.3, -0.25) is 14.5 Å². The van der Waals surface area contributed by atoms with Crippen molar-refractivity contribution in [1.82, 2.24) is 20.1 Å². The number of nitrogens with one attached hydrogen (secondary N) is 2. The number of aromatic nitrogens is 1. The lowest BCUT2D eigenvalue weighted by Gasteiger charge is -2.37. The maximum atomic E-state index is 13.1. The number of hydrogen-bond donors (Lipinski definition) is 2. The summed E-state index contributed by atoms with van der Waals surface area (Å²) in [6.45, 7) is 3.49. The lowest BCUT2D eigenvalue weighted by Crippen LogP contribution is -2.59. The molecular formula is C27H34N6O4S. The topological polar surface area (TPSA) is 128 Å². The molecule has 2 aliphatic rings. The van der Waals surface area contributed by atoms with Gasteiger partial charge in [0.15, 0.2) is 11.3 Å². The van der Waals surface area contributed by atoms with Crippen LogP contribution in [0.2, 0.25) is 0 Å². The van der Waals surface area contributed by atoms with Gasteiger partial charge in [-0.05, 0) is 44.7 Å². The molecular weight excluding hydrogens is 504 g/mol. The zero-order valence-electron chi connectivity index (χ0n) is 21.9. The van der Waals surface area contributed by atoms with Crippen LogP contribution in [0.25, 0.3) is 11.3 Å². The monoisotopic (exact) mass is 538 g/mol. The van der Waals surface area contributed by atoms with Crippen LogP contribution in [-0.2, 0) is 9.53 Å². The number of ether oxygens (including phenoxy) is 1. The third-order valence-electron chi connectivity index (χ3n) is 7.22.